The van der Waals surface area contributed by atoms with Crippen LogP contribution in [-0.4, -0.2) is 42.1 Å². The highest BCUT2D eigenvalue weighted by molar-refractivity contribution is 5.95. The number of fused-ring (bicyclic) bond motifs is 1. The molecule has 0 bridgehead atoms. The number of benzene rings is 3. The summed E-state index contributed by atoms with van der Waals surface area (Å²) in [6.07, 6.45) is 4.31. The quantitative estimate of drug-likeness (QED) is 0.318. The van der Waals surface area contributed by atoms with E-state index in [2.05, 4.69) is 82.5 Å². The first-order valence-electron chi connectivity index (χ1n) is 12.9. The molecule has 182 valence electrons. The van der Waals surface area contributed by atoms with E-state index >= 15 is 0 Å². The Bertz CT molecular complexity index is 1340. The molecule has 1 aliphatic heterocycles. The average molecular weight is 476 g/mol. The van der Waals surface area contributed by atoms with Crippen LogP contribution in [-0.2, 0) is 0 Å². The van der Waals surface area contributed by atoms with E-state index in [4.69, 9.17) is 5.26 Å². The summed E-state index contributed by atoms with van der Waals surface area (Å²) in [5.41, 5.74) is 7.18. The molecule has 2 heterocycles. The maximum absolute atomic E-state index is 9.09. The number of nitrogens with one attached hydrogen (secondary N) is 1. The Morgan fingerprint density at radius 2 is 1.56 bits per heavy atom. The second-order valence-corrected chi connectivity index (χ2v) is 9.44. The van der Waals surface area contributed by atoms with Crippen molar-refractivity contribution < 1.29 is 0 Å². The molecular formula is C31H33N5. The van der Waals surface area contributed by atoms with Crippen LogP contribution in [0.3, 0.4) is 0 Å². The summed E-state index contributed by atoms with van der Waals surface area (Å²) in [6.45, 7) is 9.03. The Hall–Kier alpha value is -3.88. The number of anilines is 3. The molecule has 1 aliphatic rings. The minimum Gasteiger partial charge on any atom is -0.369 e. The molecule has 1 saturated heterocycles. The van der Waals surface area contributed by atoms with Gasteiger partial charge in [-0.25, -0.2) is 0 Å². The van der Waals surface area contributed by atoms with Gasteiger partial charge in [-0.05, 0) is 78.6 Å². The van der Waals surface area contributed by atoms with Crippen molar-refractivity contribution >= 4 is 28.0 Å². The van der Waals surface area contributed by atoms with Crippen molar-refractivity contribution in [3.05, 3.63) is 84.6 Å². The molecule has 5 nitrogen and oxygen atoms in total. The van der Waals surface area contributed by atoms with Crippen molar-refractivity contribution in [3.8, 4) is 17.2 Å². The summed E-state index contributed by atoms with van der Waals surface area (Å²) in [5.74, 6) is 0. The summed E-state index contributed by atoms with van der Waals surface area (Å²) in [6, 6.07) is 27.7. The normalized spacial score (nSPS) is 14.2. The van der Waals surface area contributed by atoms with Crippen LogP contribution in [0.15, 0.2) is 79.0 Å². The molecule has 3 aromatic carbocycles. The van der Waals surface area contributed by atoms with Gasteiger partial charge in [0, 0.05) is 60.9 Å². The molecule has 36 heavy (non-hydrogen) atoms. The predicted octanol–water partition coefficient (Wildman–Crippen LogP) is 6.83. The first kappa shape index (κ1) is 23.8. The van der Waals surface area contributed by atoms with E-state index in [-0.39, 0.29) is 0 Å². The van der Waals surface area contributed by atoms with Gasteiger partial charge < -0.3 is 10.2 Å². The zero-order valence-corrected chi connectivity index (χ0v) is 21.1. The van der Waals surface area contributed by atoms with Crippen LogP contribution in [0, 0.1) is 11.3 Å². The smallest absolute Gasteiger partial charge is 0.0991 e. The fourth-order valence-electron chi connectivity index (χ4n) is 5.23. The van der Waals surface area contributed by atoms with Gasteiger partial charge in [-0.3, -0.25) is 9.88 Å². The van der Waals surface area contributed by atoms with Gasteiger partial charge in [0.1, 0.15) is 0 Å². The number of nitriles is 1. The summed E-state index contributed by atoms with van der Waals surface area (Å²) >= 11 is 0. The van der Waals surface area contributed by atoms with Gasteiger partial charge in [-0.1, -0.05) is 32.0 Å². The van der Waals surface area contributed by atoms with E-state index in [1.807, 2.05) is 36.5 Å². The molecular weight excluding hydrogens is 442 g/mol. The largest absolute Gasteiger partial charge is 0.369 e. The topological polar surface area (TPSA) is 55.2 Å². The van der Waals surface area contributed by atoms with Crippen LogP contribution < -0.4 is 10.2 Å². The maximum atomic E-state index is 9.09. The number of hydrogen-bond donors (Lipinski definition) is 1. The van der Waals surface area contributed by atoms with E-state index in [1.54, 1.807) is 0 Å². The van der Waals surface area contributed by atoms with Crippen LogP contribution in [0.5, 0.6) is 0 Å². The number of pyridine rings is 1. The minimum absolute atomic E-state index is 0.667. The number of aromatic nitrogens is 1. The van der Waals surface area contributed by atoms with Gasteiger partial charge >= 0.3 is 0 Å². The first-order valence-corrected chi connectivity index (χ1v) is 12.9. The van der Waals surface area contributed by atoms with Gasteiger partial charge in [-0.15, -0.1) is 0 Å². The van der Waals surface area contributed by atoms with Crippen molar-refractivity contribution in [1.29, 1.82) is 5.26 Å². The van der Waals surface area contributed by atoms with Crippen molar-refractivity contribution in [2.24, 2.45) is 0 Å². The highest BCUT2D eigenvalue weighted by Crippen LogP contribution is 2.31. The molecule has 5 heteroatoms. The number of nitrogens with zero attached hydrogens (tertiary/aromatic N) is 4. The molecule has 1 aromatic heterocycles. The van der Waals surface area contributed by atoms with Gasteiger partial charge in [0.15, 0.2) is 0 Å². The third-order valence-corrected chi connectivity index (χ3v) is 7.37. The predicted molar refractivity (Wildman–Crippen MR) is 150 cm³/mol. The fraction of sp³-hybridized carbons (Fsp3) is 0.290. The highest BCUT2D eigenvalue weighted by atomic mass is 15.3. The van der Waals surface area contributed by atoms with Crippen molar-refractivity contribution in [2.45, 2.75) is 32.7 Å². The molecule has 4 aromatic rings. The highest BCUT2D eigenvalue weighted by Gasteiger charge is 2.21. The van der Waals surface area contributed by atoms with Crippen LogP contribution in [0.2, 0.25) is 0 Å². The van der Waals surface area contributed by atoms with Crippen LogP contribution in [0.4, 0.5) is 17.1 Å². The molecule has 0 spiro atoms. The first-order chi connectivity index (χ1) is 17.7. The Balaban J connectivity index is 1.31. The molecule has 5 rings (SSSR count). The summed E-state index contributed by atoms with van der Waals surface area (Å²) in [5, 5.41) is 13.8. The lowest BCUT2D eigenvalue weighted by molar-refractivity contribution is 0.175. The standard InChI is InChI=1S/C31H33N5/c1-3-27(4-2)35-17-19-36(20-18-35)28-12-10-26(11-13-28)34-31-15-16-33-30-14-9-25(21-29(30)31)24-7-5-23(22-32)6-8-24/h5-16,21,27H,3-4,17-20H2,1-2H3,(H,33,34). The Labute approximate surface area is 214 Å². The maximum Gasteiger partial charge on any atom is 0.0991 e. The van der Waals surface area contributed by atoms with Gasteiger partial charge in [-0.2, -0.15) is 5.26 Å². The zero-order valence-electron chi connectivity index (χ0n) is 21.1. The number of rotatable bonds is 7. The van der Waals surface area contributed by atoms with Crippen molar-refractivity contribution in [2.75, 3.05) is 36.4 Å². The lowest BCUT2D eigenvalue weighted by atomic mass is 10.0. The van der Waals surface area contributed by atoms with Crippen molar-refractivity contribution in [3.63, 3.8) is 0 Å². The number of piperazine rings is 1. The van der Waals surface area contributed by atoms with Crippen molar-refractivity contribution in [1.82, 2.24) is 9.88 Å². The molecule has 0 aliphatic carbocycles. The molecule has 0 saturated carbocycles. The number of hydrogen-bond acceptors (Lipinski definition) is 5. The second kappa shape index (κ2) is 10.8. The minimum atomic E-state index is 0.667. The average Bonchev–Trinajstić information content (AvgIpc) is 2.94. The summed E-state index contributed by atoms with van der Waals surface area (Å²) in [7, 11) is 0. The van der Waals surface area contributed by atoms with Crippen LogP contribution in [0.25, 0.3) is 22.0 Å². The fourth-order valence-corrected chi connectivity index (χ4v) is 5.23. The molecule has 1 fully saturated rings. The molecule has 0 radical (unpaired) electrons. The van der Waals surface area contributed by atoms with E-state index in [1.165, 1.54) is 18.5 Å². The molecule has 0 unspecified atom stereocenters. The lowest BCUT2D eigenvalue weighted by Crippen LogP contribution is -2.50. The van der Waals surface area contributed by atoms with E-state index in [0.29, 0.717) is 11.6 Å². The van der Waals surface area contributed by atoms with E-state index in [9.17, 15) is 0 Å². The van der Waals surface area contributed by atoms with Gasteiger partial charge in [0.05, 0.1) is 17.1 Å². The Morgan fingerprint density at radius 1 is 0.861 bits per heavy atom. The SMILES string of the molecule is CCC(CC)N1CCN(c2ccc(Nc3ccnc4ccc(-c5ccc(C#N)cc5)cc34)cc2)CC1. The van der Waals surface area contributed by atoms with Crippen LogP contribution in [0.1, 0.15) is 32.3 Å². The van der Waals surface area contributed by atoms with Crippen LogP contribution >= 0.6 is 0 Å². The summed E-state index contributed by atoms with van der Waals surface area (Å²) in [4.78, 5) is 9.70. The molecule has 0 atom stereocenters. The third-order valence-electron chi connectivity index (χ3n) is 7.37. The third kappa shape index (κ3) is 5.05. The van der Waals surface area contributed by atoms with Gasteiger partial charge in [0.25, 0.3) is 0 Å². The Kier molecular flexibility index (Phi) is 7.16. The van der Waals surface area contributed by atoms with Gasteiger partial charge in [0.2, 0.25) is 0 Å². The summed E-state index contributed by atoms with van der Waals surface area (Å²) < 4.78 is 0. The monoisotopic (exact) mass is 475 g/mol. The van der Waals surface area contributed by atoms with E-state index in [0.717, 1.165) is 59.6 Å². The molecule has 0 amide bonds. The lowest BCUT2D eigenvalue weighted by Gasteiger charge is -2.39. The second-order valence-electron chi connectivity index (χ2n) is 9.44. The molecule has 1 N–H and O–H groups in total. The van der Waals surface area contributed by atoms with E-state index < -0.39 is 0 Å². The zero-order chi connectivity index (χ0) is 24.9. The Morgan fingerprint density at radius 3 is 2.22 bits per heavy atom.